The molecule has 2 heterocycles. The lowest BCUT2D eigenvalue weighted by atomic mass is 9.91. The molecule has 0 radical (unpaired) electrons. The molecule has 0 saturated heterocycles. The number of thiophene rings is 1. The number of nitro groups is 1. The Kier molecular flexibility index (Phi) is 6.62. The van der Waals surface area contributed by atoms with Crippen molar-refractivity contribution in [3.63, 3.8) is 0 Å². The molecule has 33 heavy (non-hydrogen) atoms. The summed E-state index contributed by atoms with van der Waals surface area (Å²) in [6.45, 7) is 2.51. The first kappa shape index (κ1) is 22.8. The van der Waals surface area contributed by atoms with E-state index in [0.29, 0.717) is 29.3 Å². The fourth-order valence-electron chi connectivity index (χ4n) is 4.22. The van der Waals surface area contributed by atoms with Crippen molar-refractivity contribution in [1.29, 1.82) is 0 Å². The second-order valence-corrected chi connectivity index (χ2v) is 8.83. The predicted octanol–water partition coefficient (Wildman–Crippen LogP) is 4.57. The van der Waals surface area contributed by atoms with Gasteiger partial charge in [-0.05, 0) is 54.1 Å². The molecule has 1 aromatic heterocycles. The van der Waals surface area contributed by atoms with Gasteiger partial charge in [-0.15, -0.1) is 11.3 Å². The maximum atomic E-state index is 12.9. The van der Waals surface area contributed by atoms with Crippen LogP contribution < -0.4 is 14.8 Å². The largest absolute Gasteiger partial charge is 0.493 e. The lowest BCUT2D eigenvalue weighted by molar-refractivity contribution is -0.385. The highest BCUT2D eigenvalue weighted by Gasteiger charge is 2.32. The Hall–Kier alpha value is -3.43. The van der Waals surface area contributed by atoms with Crippen LogP contribution >= 0.6 is 11.3 Å². The molecule has 1 amide bonds. The zero-order valence-corrected chi connectivity index (χ0v) is 19.5. The first-order valence-electron chi connectivity index (χ1n) is 10.5. The number of nitro benzene ring substituents is 1. The van der Waals surface area contributed by atoms with Crippen LogP contribution in [0.15, 0.2) is 47.8 Å². The van der Waals surface area contributed by atoms with Gasteiger partial charge in [-0.3, -0.25) is 19.8 Å². The molecule has 2 aromatic carbocycles. The number of methoxy groups -OCH3 is 2. The van der Waals surface area contributed by atoms with Crippen LogP contribution in [0.25, 0.3) is 0 Å². The third-order valence-corrected chi connectivity index (χ3v) is 6.75. The third kappa shape index (κ3) is 4.69. The number of carbonyl (C=O) groups excluding carboxylic acids is 1. The van der Waals surface area contributed by atoms with E-state index in [0.717, 1.165) is 22.4 Å². The molecule has 0 aliphatic carbocycles. The van der Waals surface area contributed by atoms with Crippen LogP contribution in [0.2, 0.25) is 0 Å². The van der Waals surface area contributed by atoms with Crippen molar-refractivity contribution in [2.24, 2.45) is 0 Å². The molecule has 0 fully saturated rings. The molecule has 1 aliphatic rings. The van der Waals surface area contributed by atoms with E-state index in [1.807, 2.05) is 23.6 Å². The number of amides is 1. The summed E-state index contributed by atoms with van der Waals surface area (Å²) in [6.07, 6.45) is 0.765. The highest BCUT2D eigenvalue weighted by atomic mass is 32.1. The van der Waals surface area contributed by atoms with Crippen molar-refractivity contribution in [2.45, 2.75) is 19.4 Å². The van der Waals surface area contributed by atoms with Gasteiger partial charge in [0.2, 0.25) is 5.91 Å². The van der Waals surface area contributed by atoms with E-state index in [1.165, 1.54) is 6.07 Å². The lowest BCUT2D eigenvalue weighted by Crippen LogP contribution is -2.40. The van der Waals surface area contributed by atoms with Crippen LogP contribution in [0.1, 0.15) is 27.6 Å². The van der Waals surface area contributed by atoms with Crippen LogP contribution in [-0.4, -0.2) is 43.0 Å². The summed E-state index contributed by atoms with van der Waals surface area (Å²) >= 11 is 1.64. The van der Waals surface area contributed by atoms with Gasteiger partial charge in [-0.25, -0.2) is 0 Å². The van der Waals surface area contributed by atoms with Gasteiger partial charge >= 0.3 is 0 Å². The highest BCUT2D eigenvalue weighted by Crippen LogP contribution is 2.42. The van der Waals surface area contributed by atoms with Crippen molar-refractivity contribution in [3.8, 4) is 11.5 Å². The van der Waals surface area contributed by atoms with Crippen molar-refractivity contribution in [1.82, 2.24) is 4.90 Å². The number of fused-ring (bicyclic) bond motifs is 1. The highest BCUT2D eigenvalue weighted by molar-refractivity contribution is 7.10. The van der Waals surface area contributed by atoms with E-state index in [9.17, 15) is 14.9 Å². The van der Waals surface area contributed by atoms with E-state index in [-0.39, 0.29) is 24.2 Å². The molecular weight excluding hydrogens is 442 g/mol. The van der Waals surface area contributed by atoms with Gasteiger partial charge in [-0.1, -0.05) is 12.1 Å². The molecule has 0 saturated carbocycles. The maximum Gasteiger partial charge on any atom is 0.274 e. The number of aryl methyl sites for hydroxylation is 1. The topological polar surface area (TPSA) is 93.9 Å². The number of nitrogens with zero attached hydrogens (tertiary/aromatic N) is 2. The molecule has 0 spiro atoms. The minimum Gasteiger partial charge on any atom is -0.493 e. The number of ether oxygens (including phenoxy) is 2. The summed E-state index contributed by atoms with van der Waals surface area (Å²) in [7, 11) is 3.23. The summed E-state index contributed by atoms with van der Waals surface area (Å²) in [6, 6.07) is 12.7. The fraction of sp³-hybridized carbons (Fsp3) is 0.292. The van der Waals surface area contributed by atoms with Crippen LogP contribution in [0.3, 0.4) is 0 Å². The SMILES string of the molecule is COc1cc2c(cc1OC)[C@H](c1cccs1)N(CC(=O)Nc1ccc(C)c([N+](=O)[O-])c1)CC2. The minimum absolute atomic E-state index is 0.0165. The van der Waals surface area contributed by atoms with Gasteiger partial charge in [0.25, 0.3) is 5.69 Å². The van der Waals surface area contributed by atoms with Gasteiger partial charge in [0.15, 0.2) is 11.5 Å². The molecule has 1 N–H and O–H groups in total. The minimum atomic E-state index is -0.443. The Bertz CT molecular complexity index is 1180. The summed E-state index contributed by atoms with van der Waals surface area (Å²) in [5.41, 5.74) is 3.19. The predicted molar refractivity (Wildman–Crippen MR) is 127 cm³/mol. The standard InChI is InChI=1S/C24H25N3O5S/c1-15-6-7-17(12-19(15)27(29)30)25-23(28)14-26-9-8-16-11-20(31-2)21(32-3)13-18(16)24(26)22-5-4-10-33-22/h4-7,10-13,24H,8-9,14H2,1-3H3,(H,25,28)/t24-/m1/s1. The van der Waals surface area contributed by atoms with Gasteiger partial charge in [-0.2, -0.15) is 0 Å². The summed E-state index contributed by atoms with van der Waals surface area (Å²) in [5, 5.41) is 16.1. The second-order valence-electron chi connectivity index (χ2n) is 7.85. The summed E-state index contributed by atoms with van der Waals surface area (Å²) in [4.78, 5) is 27.0. The molecule has 3 aromatic rings. The normalized spacial score (nSPS) is 15.5. The summed E-state index contributed by atoms with van der Waals surface area (Å²) in [5.74, 6) is 1.11. The van der Waals surface area contributed by atoms with E-state index < -0.39 is 4.92 Å². The molecule has 0 bridgehead atoms. The van der Waals surface area contributed by atoms with Crippen molar-refractivity contribution >= 4 is 28.6 Å². The van der Waals surface area contributed by atoms with Crippen molar-refractivity contribution in [3.05, 3.63) is 79.5 Å². The Morgan fingerprint density at radius 1 is 1.21 bits per heavy atom. The van der Waals surface area contributed by atoms with Crippen molar-refractivity contribution in [2.75, 3.05) is 32.6 Å². The first-order valence-corrected chi connectivity index (χ1v) is 11.4. The fourth-order valence-corrected chi connectivity index (χ4v) is 5.09. The molecule has 4 rings (SSSR count). The Balaban J connectivity index is 1.61. The van der Waals surface area contributed by atoms with E-state index in [4.69, 9.17) is 9.47 Å². The van der Waals surface area contributed by atoms with Gasteiger partial charge in [0.05, 0.1) is 31.7 Å². The van der Waals surface area contributed by atoms with Crippen LogP contribution in [0, 0.1) is 17.0 Å². The monoisotopic (exact) mass is 467 g/mol. The Labute approximate surface area is 195 Å². The number of anilines is 1. The van der Waals surface area contributed by atoms with E-state index >= 15 is 0 Å². The second kappa shape index (κ2) is 9.60. The molecule has 9 heteroatoms. The van der Waals surface area contributed by atoms with E-state index in [1.54, 1.807) is 44.6 Å². The Morgan fingerprint density at radius 2 is 1.97 bits per heavy atom. The maximum absolute atomic E-state index is 12.9. The molecule has 1 aliphatic heterocycles. The number of hydrogen-bond donors (Lipinski definition) is 1. The summed E-state index contributed by atoms with van der Waals surface area (Å²) < 4.78 is 11.0. The molecular formula is C24H25N3O5S. The third-order valence-electron chi connectivity index (χ3n) is 5.82. The van der Waals surface area contributed by atoms with Gasteiger partial charge in [0.1, 0.15) is 0 Å². The van der Waals surface area contributed by atoms with E-state index in [2.05, 4.69) is 16.3 Å². The average molecular weight is 468 g/mol. The molecule has 8 nitrogen and oxygen atoms in total. The van der Waals surface area contributed by atoms with Gasteiger partial charge in [0, 0.05) is 28.7 Å². The first-order chi connectivity index (χ1) is 15.9. The quantitative estimate of drug-likeness (QED) is 0.404. The number of benzene rings is 2. The molecule has 172 valence electrons. The zero-order chi connectivity index (χ0) is 23.5. The van der Waals surface area contributed by atoms with Crippen molar-refractivity contribution < 1.29 is 19.2 Å². The van der Waals surface area contributed by atoms with Crippen LogP contribution in [0.4, 0.5) is 11.4 Å². The number of hydrogen-bond acceptors (Lipinski definition) is 7. The smallest absolute Gasteiger partial charge is 0.274 e. The number of carbonyl (C=O) groups is 1. The Morgan fingerprint density at radius 3 is 2.64 bits per heavy atom. The molecule has 1 atom stereocenters. The van der Waals surface area contributed by atoms with Crippen LogP contribution in [0.5, 0.6) is 11.5 Å². The van der Waals surface area contributed by atoms with Gasteiger partial charge < -0.3 is 14.8 Å². The number of nitrogens with one attached hydrogen (secondary N) is 1. The zero-order valence-electron chi connectivity index (χ0n) is 18.7. The van der Waals surface area contributed by atoms with Crippen LogP contribution in [-0.2, 0) is 11.2 Å². The molecule has 0 unspecified atom stereocenters. The number of rotatable bonds is 7. The average Bonchev–Trinajstić information content (AvgIpc) is 3.33. The lowest BCUT2D eigenvalue weighted by Gasteiger charge is -2.37.